The van der Waals surface area contributed by atoms with Crippen LogP contribution in [0.1, 0.15) is 32.1 Å². The van der Waals surface area contributed by atoms with Crippen LogP contribution in [-0.2, 0) is 0 Å². The molecule has 0 amide bonds. The molecule has 4 N–H and O–H groups in total. The molecule has 2 aliphatic heterocycles. The molecule has 8 nitrogen and oxygen atoms in total. The van der Waals surface area contributed by atoms with E-state index in [0.717, 1.165) is 37.3 Å². The molecule has 8 heteroatoms. The first-order chi connectivity index (χ1) is 11.7. The van der Waals surface area contributed by atoms with Crippen LogP contribution in [0.2, 0.25) is 0 Å². The summed E-state index contributed by atoms with van der Waals surface area (Å²) in [5.74, 6) is 0.991. The van der Waals surface area contributed by atoms with Crippen molar-refractivity contribution in [2.45, 2.75) is 44.2 Å². The minimum Gasteiger partial charge on any atom is -0.390 e. The zero-order chi connectivity index (χ0) is 16.5. The summed E-state index contributed by atoms with van der Waals surface area (Å²) < 4.78 is 0. The Morgan fingerprint density at radius 3 is 2.67 bits per heavy atom. The number of fused-ring (bicyclic) bond motifs is 1. The Kier molecular flexibility index (Phi) is 4.24. The summed E-state index contributed by atoms with van der Waals surface area (Å²) in [6, 6.07) is 0.248. The molecular formula is C16H25N7O. The van der Waals surface area contributed by atoms with Gasteiger partial charge in [-0.05, 0) is 32.4 Å². The highest BCUT2D eigenvalue weighted by Crippen LogP contribution is 2.28. The summed E-state index contributed by atoms with van der Waals surface area (Å²) in [4.78, 5) is 13.1. The summed E-state index contributed by atoms with van der Waals surface area (Å²) in [5.41, 5.74) is 6.46. The van der Waals surface area contributed by atoms with Gasteiger partial charge in [-0.2, -0.15) is 15.1 Å². The number of nitrogen functional groups attached to an aromatic ring is 1. The Hall–Kier alpha value is -1.93. The lowest BCUT2D eigenvalue weighted by Crippen LogP contribution is -2.54. The van der Waals surface area contributed by atoms with Crippen LogP contribution < -0.4 is 10.6 Å². The smallest absolute Gasteiger partial charge is 0.224 e. The van der Waals surface area contributed by atoms with E-state index in [0.29, 0.717) is 12.2 Å². The Morgan fingerprint density at radius 2 is 1.92 bits per heavy atom. The van der Waals surface area contributed by atoms with Gasteiger partial charge in [0.25, 0.3) is 0 Å². The van der Waals surface area contributed by atoms with Crippen LogP contribution >= 0.6 is 0 Å². The largest absolute Gasteiger partial charge is 0.390 e. The molecule has 0 aromatic carbocycles. The van der Waals surface area contributed by atoms with Crippen molar-refractivity contribution in [1.29, 1.82) is 0 Å². The van der Waals surface area contributed by atoms with E-state index in [4.69, 9.17) is 5.73 Å². The molecule has 130 valence electrons. The molecule has 0 saturated carbocycles. The van der Waals surface area contributed by atoms with Gasteiger partial charge in [-0.3, -0.25) is 10.00 Å². The van der Waals surface area contributed by atoms with Gasteiger partial charge >= 0.3 is 0 Å². The predicted molar refractivity (Wildman–Crippen MR) is 92.8 cm³/mol. The van der Waals surface area contributed by atoms with Gasteiger partial charge in [0.1, 0.15) is 5.82 Å². The number of aromatic nitrogens is 4. The highest BCUT2D eigenvalue weighted by atomic mass is 16.3. The SMILES string of the molecule is Nc1nc(N2CC[C@H](N3CCCCCC3)[C@@H](O)C2)c2cn[nH]c2n1. The van der Waals surface area contributed by atoms with Crippen LogP contribution in [0.5, 0.6) is 0 Å². The van der Waals surface area contributed by atoms with E-state index in [1.54, 1.807) is 6.20 Å². The first-order valence-electron chi connectivity index (χ1n) is 8.86. The highest BCUT2D eigenvalue weighted by molar-refractivity contribution is 5.87. The van der Waals surface area contributed by atoms with Crippen LogP contribution in [0.15, 0.2) is 6.20 Å². The molecule has 0 aliphatic carbocycles. The van der Waals surface area contributed by atoms with E-state index >= 15 is 0 Å². The molecule has 0 unspecified atom stereocenters. The van der Waals surface area contributed by atoms with Gasteiger partial charge in [0.05, 0.1) is 17.7 Å². The summed E-state index contributed by atoms with van der Waals surface area (Å²) >= 11 is 0. The van der Waals surface area contributed by atoms with E-state index < -0.39 is 0 Å². The van der Waals surface area contributed by atoms with Crippen molar-refractivity contribution in [3.05, 3.63) is 6.20 Å². The number of hydrogen-bond donors (Lipinski definition) is 3. The molecular weight excluding hydrogens is 306 g/mol. The summed E-state index contributed by atoms with van der Waals surface area (Å²) in [6.45, 7) is 3.63. The van der Waals surface area contributed by atoms with E-state index in [1.807, 2.05) is 0 Å². The average Bonchev–Trinajstić information content (AvgIpc) is 2.87. The number of rotatable bonds is 2. The number of nitrogens with zero attached hydrogens (tertiary/aromatic N) is 5. The summed E-state index contributed by atoms with van der Waals surface area (Å²) in [5, 5.41) is 18.5. The molecule has 4 heterocycles. The fourth-order valence-electron chi connectivity index (χ4n) is 4.04. The van der Waals surface area contributed by atoms with Crippen molar-refractivity contribution in [3.8, 4) is 0 Å². The Morgan fingerprint density at radius 1 is 1.12 bits per heavy atom. The zero-order valence-electron chi connectivity index (χ0n) is 13.9. The zero-order valence-corrected chi connectivity index (χ0v) is 13.9. The molecule has 24 heavy (non-hydrogen) atoms. The van der Waals surface area contributed by atoms with Crippen molar-refractivity contribution in [3.63, 3.8) is 0 Å². The van der Waals surface area contributed by atoms with Gasteiger partial charge in [0.2, 0.25) is 5.95 Å². The lowest BCUT2D eigenvalue weighted by molar-refractivity contribution is 0.0384. The lowest BCUT2D eigenvalue weighted by atomic mass is 9.99. The molecule has 2 aliphatic rings. The maximum atomic E-state index is 10.8. The van der Waals surface area contributed by atoms with Crippen molar-refractivity contribution in [1.82, 2.24) is 25.1 Å². The molecule has 0 radical (unpaired) electrons. The molecule has 4 rings (SSSR count). The van der Waals surface area contributed by atoms with Crippen molar-refractivity contribution in [2.75, 3.05) is 36.8 Å². The molecule has 0 bridgehead atoms. The van der Waals surface area contributed by atoms with Crippen molar-refractivity contribution < 1.29 is 5.11 Å². The van der Waals surface area contributed by atoms with Gasteiger partial charge in [0.15, 0.2) is 5.65 Å². The molecule has 2 saturated heterocycles. The van der Waals surface area contributed by atoms with Crippen LogP contribution in [0.4, 0.5) is 11.8 Å². The molecule has 0 spiro atoms. The number of aliphatic hydroxyl groups excluding tert-OH is 1. The van der Waals surface area contributed by atoms with Gasteiger partial charge in [-0.25, -0.2) is 0 Å². The maximum absolute atomic E-state index is 10.8. The second-order valence-electron chi connectivity index (χ2n) is 6.86. The number of likely N-dealkylation sites (tertiary alicyclic amines) is 1. The average molecular weight is 331 g/mol. The number of piperidine rings is 1. The molecule has 2 fully saturated rings. The monoisotopic (exact) mass is 331 g/mol. The van der Waals surface area contributed by atoms with Gasteiger partial charge in [-0.1, -0.05) is 12.8 Å². The van der Waals surface area contributed by atoms with Gasteiger partial charge in [-0.15, -0.1) is 0 Å². The standard InChI is InChI=1S/C16H25N7O/c17-16-19-14-11(9-18-21-14)15(20-16)23-8-5-12(13(24)10-23)22-6-3-1-2-4-7-22/h9,12-13,24H,1-8,10H2,(H3,17,18,19,20,21)/t12-,13-/m0/s1. The van der Waals surface area contributed by atoms with Gasteiger partial charge in [0, 0.05) is 19.1 Å². The minimum atomic E-state index is -0.380. The van der Waals surface area contributed by atoms with Crippen LogP contribution in [0.25, 0.3) is 11.0 Å². The first kappa shape index (κ1) is 15.6. The number of hydrogen-bond acceptors (Lipinski definition) is 7. The number of β-amino-alcohol motifs (C(OH)–C–C–N with tert-alkyl or cyclic N) is 1. The first-order valence-corrected chi connectivity index (χ1v) is 8.86. The third-order valence-corrected chi connectivity index (χ3v) is 5.26. The Balaban J connectivity index is 1.52. The van der Waals surface area contributed by atoms with Crippen molar-refractivity contribution >= 4 is 22.8 Å². The number of anilines is 2. The number of nitrogens with two attached hydrogens (primary N) is 1. The Bertz CT molecular complexity index is 695. The molecule has 2 atom stereocenters. The van der Waals surface area contributed by atoms with E-state index in [2.05, 4.69) is 30.0 Å². The topological polar surface area (TPSA) is 107 Å². The molecule has 2 aromatic heterocycles. The highest BCUT2D eigenvalue weighted by Gasteiger charge is 2.33. The van der Waals surface area contributed by atoms with Crippen LogP contribution in [0, 0.1) is 0 Å². The number of aliphatic hydroxyl groups is 1. The quantitative estimate of drug-likeness (QED) is 0.745. The third kappa shape index (κ3) is 2.91. The van der Waals surface area contributed by atoms with E-state index in [9.17, 15) is 5.11 Å². The fraction of sp³-hybridized carbons (Fsp3) is 0.688. The number of aromatic amines is 1. The number of H-pyrrole nitrogens is 1. The van der Waals surface area contributed by atoms with E-state index in [-0.39, 0.29) is 18.1 Å². The normalized spacial score (nSPS) is 26.6. The number of nitrogens with one attached hydrogen (secondary N) is 1. The maximum Gasteiger partial charge on any atom is 0.224 e. The summed E-state index contributed by atoms with van der Waals surface area (Å²) in [7, 11) is 0. The molecule has 2 aromatic rings. The lowest BCUT2D eigenvalue weighted by Gasteiger charge is -2.42. The third-order valence-electron chi connectivity index (χ3n) is 5.26. The summed E-state index contributed by atoms with van der Waals surface area (Å²) in [6.07, 6.45) is 7.38. The predicted octanol–water partition coefficient (Wildman–Crippen LogP) is 0.751. The fourth-order valence-corrected chi connectivity index (χ4v) is 4.04. The second kappa shape index (κ2) is 6.52. The van der Waals surface area contributed by atoms with E-state index in [1.165, 1.54) is 25.7 Å². The Labute approximate surface area is 141 Å². The minimum absolute atomic E-state index is 0.228. The van der Waals surface area contributed by atoms with Crippen LogP contribution in [-0.4, -0.2) is 68.5 Å². The second-order valence-corrected chi connectivity index (χ2v) is 6.86. The van der Waals surface area contributed by atoms with Gasteiger partial charge < -0.3 is 15.7 Å². The van der Waals surface area contributed by atoms with Crippen molar-refractivity contribution in [2.24, 2.45) is 0 Å². The van der Waals surface area contributed by atoms with Crippen LogP contribution in [0.3, 0.4) is 0 Å².